The van der Waals surface area contributed by atoms with Gasteiger partial charge in [-0.15, -0.1) is 0 Å². The Morgan fingerprint density at radius 3 is 2.36 bits per heavy atom. The third kappa shape index (κ3) is 4.77. The molecule has 28 heavy (non-hydrogen) atoms. The lowest BCUT2D eigenvalue weighted by atomic mass is 10.2. The van der Waals surface area contributed by atoms with E-state index >= 15 is 0 Å². The van der Waals surface area contributed by atoms with E-state index in [0.717, 1.165) is 5.56 Å². The van der Waals surface area contributed by atoms with Crippen molar-refractivity contribution in [2.75, 3.05) is 11.3 Å². The van der Waals surface area contributed by atoms with Gasteiger partial charge in [-0.3, -0.25) is 4.72 Å². The minimum Gasteiger partial charge on any atom is -0.494 e. The van der Waals surface area contributed by atoms with Crippen molar-refractivity contribution in [1.29, 1.82) is 0 Å². The molecule has 7 heteroatoms. The molecule has 0 aliphatic carbocycles. The highest BCUT2D eigenvalue weighted by molar-refractivity contribution is 7.92. The van der Waals surface area contributed by atoms with E-state index in [1.54, 1.807) is 43.3 Å². The molecule has 3 aromatic rings. The van der Waals surface area contributed by atoms with Gasteiger partial charge in [0.2, 0.25) is 0 Å². The van der Waals surface area contributed by atoms with Crippen LogP contribution in [0.15, 0.2) is 71.6 Å². The molecule has 1 N–H and O–H groups in total. The quantitative estimate of drug-likeness (QED) is 0.540. The molecule has 0 radical (unpaired) electrons. The van der Waals surface area contributed by atoms with Crippen molar-refractivity contribution in [1.82, 2.24) is 0 Å². The van der Waals surface area contributed by atoms with Crippen molar-refractivity contribution in [3.8, 4) is 17.2 Å². The number of nitrogens with one attached hydrogen (secondary N) is 1. The number of halogens is 1. The van der Waals surface area contributed by atoms with Crippen LogP contribution in [0.3, 0.4) is 0 Å². The van der Waals surface area contributed by atoms with Crippen LogP contribution in [-0.4, -0.2) is 15.0 Å². The fourth-order valence-electron chi connectivity index (χ4n) is 2.60. The summed E-state index contributed by atoms with van der Waals surface area (Å²) < 4.78 is 39.6. The van der Waals surface area contributed by atoms with Crippen LogP contribution < -0.4 is 14.2 Å². The van der Waals surface area contributed by atoms with E-state index in [4.69, 9.17) is 21.1 Å². The van der Waals surface area contributed by atoms with Gasteiger partial charge in [-0.05, 0) is 67.9 Å². The standard InChI is InChI=1S/C21H20ClNO4S/c1-3-26-20-12-10-18(13-15(20)2)28(24,25)23-19-14-16(22)9-11-21(19)27-17-7-5-4-6-8-17/h4-14,23H,3H2,1-2H3. The molecule has 0 saturated carbocycles. The molecule has 0 saturated heterocycles. The van der Waals surface area contributed by atoms with Crippen molar-refractivity contribution in [3.63, 3.8) is 0 Å². The summed E-state index contributed by atoms with van der Waals surface area (Å²) in [5.41, 5.74) is 0.986. The van der Waals surface area contributed by atoms with E-state index < -0.39 is 10.0 Å². The lowest BCUT2D eigenvalue weighted by Crippen LogP contribution is -2.14. The van der Waals surface area contributed by atoms with Crippen LogP contribution in [0, 0.1) is 6.92 Å². The maximum absolute atomic E-state index is 12.9. The predicted octanol–water partition coefficient (Wildman–Crippen LogP) is 5.64. The number of aryl methyl sites for hydroxylation is 1. The van der Waals surface area contributed by atoms with Gasteiger partial charge in [0.15, 0.2) is 5.75 Å². The van der Waals surface area contributed by atoms with E-state index in [0.29, 0.717) is 28.9 Å². The largest absolute Gasteiger partial charge is 0.494 e. The van der Waals surface area contributed by atoms with Crippen LogP contribution in [0.25, 0.3) is 0 Å². The Morgan fingerprint density at radius 2 is 1.68 bits per heavy atom. The van der Waals surface area contributed by atoms with E-state index in [2.05, 4.69) is 4.72 Å². The van der Waals surface area contributed by atoms with Crippen LogP contribution in [0.4, 0.5) is 5.69 Å². The van der Waals surface area contributed by atoms with E-state index in [1.165, 1.54) is 12.1 Å². The fourth-order valence-corrected chi connectivity index (χ4v) is 3.91. The molecule has 0 bridgehead atoms. The van der Waals surface area contributed by atoms with Crippen molar-refractivity contribution in [2.24, 2.45) is 0 Å². The number of ether oxygens (including phenoxy) is 2. The van der Waals surface area contributed by atoms with Crippen LogP contribution in [0.2, 0.25) is 5.02 Å². The van der Waals surface area contributed by atoms with Crippen LogP contribution in [0.1, 0.15) is 12.5 Å². The van der Waals surface area contributed by atoms with E-state index in [9.17, 15) is 8.42 Å². The van der Waals surface area contributed by atoms with Gasteiger partial charge >= 0.3 is 0 Å². The minimum atomic E-state index is -3.84. The molecule has 0 unspecified atom stereocenters. The molecule has 5 nitrogen and oxygen atoms in total. The van der Waals surface area contributed by atoms with Gasteiger partial charge in [-0.25, -0.2) is 8.42 Å². The number of benzene rings is 3. The van der Waals surface area contributed by atoms with Crippen molar-refractivity contribution >= 4 is 27.3 Å². The lowest BCUT2D eigenvalue weighted by molar-refractivity contribution is 0.337. The third-order valence-corrected chi connectivity index (χ3v) is 5.51. The summed E-state index contributed by atoms with van der Waals surface area (Å²) in [6.45, 7) is 4.18. The summed E-state index contributed by atoms with van der Waals surface area (Å²) >= 11 is 6.07. The summed E-state index contributed by atoms with van der Waals surface area (Å²) in [5, 5.41) is 0.390. The Kier molecular flexibility index (Phi) is 6.11. The summed E-state index contributed by atoms with van der Waals surface area (Å²) in [7, 11) is -3.84. The molecule has 0 aliphatic rings. The smallest absolute Gasteiger partial charge is 0.262 e. The van der Waals surface area contributed by atoms with E-state index in [1.807, 2.05) is 25.1 Å². The first-order valence-electron chi connectivity index (χ1n) is 8.68. The number of hydrogen-bond donors (Lipinski definition) is 1. The monoisotopic (exact) mass is 417 g/mol. The first-order chi connectivity index (χ1) is 13.4. The van der Waals surface area contributed by atoms with E-state index in [-0.39, 0.29) is 10.6 Å². The molecule has 3 aromatic carbocycles. The summed E-state index contributed by atoms with van der Waals surface area (Å²) in [6, 6.07) is 18.6. The molecular formula is C21H20ClNO4S. The maximum Gasteiger partial charge on any atom is 0.262 e. The number of para-hydroxylation sites is 1. The first kappa shape index (κ1) is 20.0. The molecule has 0 amide bonds. The molecule has 0 aromatic heterocycles. The molecule has 0 atom stereocenters. The molecule has 146 valence electrons. The second-order valence-electron chi connectivity index (χ2n) is 6.02. The minimum absolute atomic E-state index is 0.124. The Labute approximate surface area is 169 Å². The highest BCUT2D eigenvalue weighted by Gasteiger charge is 2.18. The summed E-state index contributed by atoms with van der Waals surface area (Å²) in [5.74, 6) is 1.58. The Bertz CT molecular complexity index is 1070. The normalized spacial score (nSPS) is 11.1. The number of anilines is 1. The Hall–Kier alpha value is -2.70. The second kappa shape index (κ2) is 8.54. The first-order valence-corrected chi connectivity index (χ1v) is 10.5. The average Bonchev–Trinajstić information content (AvgIpc) is 2.66. The molecule has 0 spiro atoms. The molecule has 0 fully saturated rings. The number of sulfonamides is 1. The van der Waals surface area contributed by atoms with Crippen molar-refractivity contribution < 1.29 is 17.9 Å². The Morgan fingerprint density at radius 1 is 0.964 bits per heavy atom. The Balaban J connectivity index is 1.91. The lowest BCUT2D eigenvalue weighted by Gasteiger charge is -2.15. The van der Waals surface area contributed by atoms with Gasteiger partial charge < -0.3 is 9.47 Å². The summed E-state index contributed by atoms with van der Waals surface area (Å²) in [6.07, 6.45) is 0. The van der Waals surface area contributed by atoms with Gasteiger partial charge in [0.05, 0.1) is 17.2 Å². The number of hydrogen-bond acceptors (Lipinski definition) is 4. The fraction of sp³-hybridized carbons (Fsp3) is 0.143. The van der Waals surface area contributed by atoms with Gasteiger partial charge in [0.1, 0.15) is 11.5 Å². The topological polar surface area (TPSA) is 64.6 Å². The van der Waals surface area contributed by atoms with Gasteiger partial charge in [0.25, 0.3) is 10.0 Å². The molecule has 0 aliphatic heterocycles. The molecule has 3 rings (SSSR count). The van der Waals surface area contributed by atoms with Crippen LogP contribution in [0.5, 0.6) is 17.2 Å². The van der Waals surface area contributed by atoms with Gasteiger partial charge in [0, 0.05) is 5.02 Å². The van der Waals surface area contributed by atoms with Crippen molar-refractivity contribution in [2.45, 2.75) is 18.7 Å². The van der Waals surface area contributed by atoms with Crippen LogP contribution >= 0.6 is 11.6 Å². The maximum atomic E-state index is 12.9. The zero-order valence-corrected chi connectivity index (χ0v) is 17.0. The van der Waals surface area contributed by atoms with Gasteiger partial charge in [-0.1, -0.05) is 29.8 Å². The SMILES string of the molecule is CCOc1ccc(S(=O)(=O)Nc2cc(Cl)ccc2Oc2ccccc2)cc1C. The van der Waals surface area contributed by atoms with Crippen molar-refractivity contribution in [3.05, 3.63) is 77.3 Å². The highest BCUT2D eigenvalue weighted by Crippen LogP contribution is 2.34. The molecule has 0 heterocycles. The number of rotatable bonds is 7. The average molecular weight is 418 g/mol. The third-order valence-electron chi connectivity index (χ3n) is 3.91. The van der Waals surface area contributed by atoms with Crippen LogP contribution in [-0.2, 0) is 10.0 Å². The zero-order chi connectivity index (χ0) is 20.1. The summed E-state index contributed by atoms with van der Waals surface area (Å²) in [4.78, 5) is 0.124. The highest BCUT2D eigenvalue weighted by atomic mass is 35.5. The zero-order valence-electron chi connectivity index (χ0n) is 15.5. The predicted molar refractivity (Wildman–Crippen MR) is 111 cm³/mol. The molecular weight excluding hydrogens is 398 g/mol. The second-order valence-corrected chi connectivity index (χ2v) is 8.14. The van der Waals surface area contributed by atoms with Gasteiger partial charge in [-0.2, -0.15) is 0 Å².